The molecule has 330 valence electrons. The zero-order chi connectivity index (χ0) is 44.3. The lowest BCUT2D eigenvalue weighted by atomic mass is 9.91. The number of pyridine rings is 6. The van der Waals surface area contributed by atoms with Gasteiger partial charge in [0.05, 0.1) is 70.4 Å². The molecule has 0 N–H and O–H groups in total. The van der Waals surface area contributed by atoms with Gasteiger partial charge in [0.15, 0.2) is 0 Å². The van der Waals surface area contributed by atoms with Crippen LogP contribution in [0.2, 0.25) is 0 Å². The Bertz CT molecular complexity index is 2210. The second kappa shape index (κ2) is 20.8. The van der Waals surface area contributed by atoms with E-state index in [1.807, 2.05) is 111 Å². The van der Waals surface area contributed by atoms with Crippen LogP contribution in [0.15, 0.2) is 140 Å². The molecule has 6 aromatic heterocycles. The number of hydrogen-bond donors (Lipinski definition) is 0. The number of rotatable bonds is 0. The molecule has 6 aromatic rings. The second-order valence-corrected chi connectivity index (χ2v) is 17.8. The van der Waals surface area contributed by atoms with Crippen molar-refractivity contribution in [2.24, 2.45) is 30.0 Å². The van der Waals surface area contributed by atoms with Crippen LogP contribution in [0.25, 0.3) is 34.2 Å². The van der Waals surface area contributed by atoms with Crippen LogP contribution in [-0.2, 0) is 0 Å². The first kappa shape index (κ1) is 42.8. The highest BCUT2D eigenvalue weighted by molar-refractivity contribution is 5.84. The van der Waals surface area contributed by atoms with Gasteiger partial charge in [-0.1, -0.05) is 38.5 Å². The molecular weight excluding hydrogens is 817 g/mol. The fourth-order valence-electron chi connectivity index (χ4n) is 9.21. The number of aromatic nitrogens is 6. The Hall–Kier alpha value is -7.08. The number of hydrogen-bond acceptors (Lipinski definition) is 12. The van der Waals surface area contributed by atoms with Gasteiger partial charge in [-0.05, 0) is 111 Å². The van der Waals surface area contributed by atoms with E-state index in [0.717, 1.165) is 145 Å². The fraction of sp³-hybridized carbons (Fsp3) is 0.333. The molecule has 7 aliphatic heterocycles. The third-order valence-corrected chi connectivity index (χ3v) is 13.1. The lowest BCUT2D eigenvalue weighted by molar-refractivity contribution is 0.390. The van der Waals surface area contributed by atoms with Gasteiger partial charge in [0.1, 0.15) is 0 Å². The van der Waals surface area contributed by atoms with Crippen LogP contribution >= 0.6 is 0 Å². The predicted molar refractivity (Wildman–Crippen MR) is 266 cm³/mol. The van der Waals surface area contributed by atoms with E-state index in [1.165, 1.54) is 0 Å². The topological polar surface area (TPSA) is 152 Å². The molecule has 0 unspecified atom stereocenters. The molecule has 12 heteroatoms. The van der Waals surface area contributed by atoms with E-state index < -0.39 is 0 Å². The Labute approximate surface area is 386 Å². The monoisotopic (exact) mass is 870 g/mol. The van der Waals surface area contributed by atoms with Gasteiger partial charge in [0.2, 0.25) is 0 Å². The number of fused-ring (bicyclic) bond motifs is 6. The molecule has 0 saturated heterocycles. The lowest BCUT2D eigenvalue weighted by Gasteiger charge is -2.25. The summed E-state index contributed by atoms with van der Waals surface area (Å²) in [7, 11) is 0. The van der Waals surface area contributed by atoms with Gasteiger partial charge < -0.3 is 0 Å². The minimum Gasteiger partial charge on any atom is -0.287 e. The molecule has 13 heterocycles. The molecule has 10 aliphatic rings. The summed E-state index contributed by atoms with van der Waals surface area (Å²) in [6.45, 7) is 0. The van der Waals surface area contributed by atoms with Gasteiger partial charge in [-0.2, -0.15) is 0 Å². The van der Waals surface area contributed by atoms with Gasteiger partial charge in [-0.3, -0.25) is 59.9 Å². The zero-order valence-corrected chi connectivity index (χ0v) is 37.2. The molecule has 3 saturated carbocycles. The number of nitrogens with zero attached hydrogens (tertiary/aromatic N) is 12. The molecule has 0 amide bonds. The summed E-state index contributed by atoms with van der Waals surface area (Å²) >= 11 is 0. The van der Waals surface area contributed by atoms with Crippen LogP contribution < -0.4 is 0 Å². The standard InChI is InChI=1S/C54H54N12/c1-2-8-44-43(7-1)55-25-37-13-19-49(61-31-37)51-21-15-39(33-63-51)27-57-45-9-3-4-10-46(45)59-29-41-17-23-53(65-35-41)54-24-18-42(36-66-54)30-60-48-12-6-5-11-47(48)58-28-40-16-22-52(64-34-40)50-20-14-38(26-56-44)32-62-50/h13-36,43-48H,1-12H2/t43-,44-,45-,46-,47-,48-/m0/s1. The summed E-state index contributed by atoms with van der Waals surface area (Å²) in [5.74, 6) is 0. The van der Waals surface area contributed by atoms with Crippen molar-refractivity contribution in [3.63, 3.8) is 0 Å². The van der Waals surface area contributed by atoms with E-state index in [2.05, 4.69) is 36.4 Å². The molecule has 0 aromatic carbocycles. The molecule has 12 nitrogen and oxygen atoms in total. The van der Waals surface area contributed by atoms with E-state index in [-0.39, 0.29) is 36.3 Å². The highest BCUT2D eigenvalue weighted by atomic mass is 14.9. The van der Waals surface area contributed by atoms with E-state index >= 15 is 0 Å². The normalized spacial score (nSPS) is 23.3. The first-order valence-corrected chi connectivity index (χ1v) is 23.6. The predicted octanol–water partition coefficient (Wildman–Crippen LogP) is 9.92. The SMILES string of the molecule is C1=N[C@H]2CCCC[C@@H]2N=Cc2ccc(nc2)-c2ccc(cn2)C=N[C@H]2CCCC[C@@H]2N=Cc2ccc(nc2)-c2ccc(cn2)C=N[C@H]2CCCC[C@@H]2N=Cc2ccc(nc2)-c2ccc1cn2. The van der Waals surface area contributed by atoms with Gasteiger partial charge in [0, 0.05) is 108 Å². The first-order valence-electron chi connectivity index (χ1n) is 23.6. The van der Waals surface area contributed by atoms with E-state index in [1.54, 1.807) is 0 Å². The summed E-state index contributed by atoms with van der Waals surface area (Å²) in [5.41, 5.74) is 10.6. The maximum atomic E-state index is 5.02. The third kappa shape index (κ3) is 10.9. The summed E-state index contributed by atoms with van der Waals surface area (Å²) in [5, 5.41) is 0. The maximum Gasteiger partial charge on any atom is 0.0886 e. The molecule has 6 atom stereocenters. The maximum absolute atomic E-state index is 5.02. The van der Waals surface area contributed by atoms with Gasteiger partial charge in [-0.25, -0.2) is 0 Å². The summed E-state index contributed by atoms with van der Waals surface area (Å²) < 4.78 is 0. The van der Waals surface area contributed by atoms with Crippen LogP contribution in [0, 0.1) is 0 Å². The molecular formula is C54H54N12. The lowest BCUT2D eigenvalue weighted by Crippen LogP contribution is -2.27. The summed E-state index contributed by atoms with van der Waals surface area (Å²) in [6.07, 6.45) is 35.8. The Morgan fingerprint density at radius 1 is 0.227 bits per heavy atom. The minimum atomic E-state index is 0.117. The van der Waals surface area contributed by atoms with E-state index in [4.69, 9.17) is 59.9 Å². The first-order chi connectivity index (χ1) is 32.6. The highest BCUT2D eigenvalue weighted by Gasteiger charge is 2.25. The average molecular weight is 871 g/mol. The number of aliphatic imine (C=N–C) groups is 6. The Morgan fingerprint density at radius 3 is 0.530 bits per heavy atom. The van der Waals surface area contributed by atoms with E-state index in [0.29, 0.717) is 0 Å². The van der Waals surface area contributed by atoms with Gasteiger partial charge in [-0.15, -0.1) is 0 Å². The molecule has 16 rings (SSSR count). The van der Waals surface area contributed by atoms with Gasteiger partial charge >= 0.3 is 0 Å². The van der Waals surface area contributed by atoms with Crippen LogP contribution in [-0.4, -0.2) is 103 Å². The highest BCUT2D eigenvalue weighted by Crippen LogP contribution is 2.27. The van der Waals surface area contributed by atoms with Gasteiger partial charge in [0.25, 0.3) is 0 Å². The van der Waals surface area contributed by atoms with Crippen molar-refractivity contribution in [2.45, 2.75) is 113 Å². The molecule has 0 spiro atoms. The Kier molecular flexibility index (Phi) is 13.5. The quantitative estimate of drug-likeness (QED) is 0.148. The molecule has 3 fully saturated rings. The van der Waals surface area contributed by atoms with Crippen LogP contribution in [0.5, 0.6) is 0 Å². The Balaban J connectivity index is 0.889. The van der Waals surface area contributed by atoms with Crippen molar-refractivity contribution in [2.75, 3.05) is 0 Å². The smallest absolute Gasteiger partial charge is 0.0886 e. The molecule has 12 bridgehead atoms. The van der Waals surface area contributed by atoms with Crippen molar-refractivity contribution >= 4 is 37.3 Å². The van der Waals surface area contributed by atoms with Crippen molar-refractivity contribution in [1.82, 2.24) is 29.9 Å². The second-order valence-electron chi connectivity index (χ2n) is 17.8. The average Bonchev–Trinajstić information content (AvgIpc) is 3.38. The van der Waals surface area contributed by atoms with Crippen molar-refractivity contribution < 1.29 is 0 Å². The molecule has 3 aliphatic carbocycles. The van der Waals surface area contributed by atoms with Crippen LogP contribution in [0.3, 0.4) is 0 Å². The largest absolute Gasteiger partial charge is 0.287 e. The Morgan fingerprint density at radius 2 is 0.394 bits per heavy atom. The van der Waals surface area contributed by atoms with Crippen LogP contribution in [0.4, 0.5) is 0 Å². The molecule has 0 radical (unpaired) electrons. The van der Waals surface area contributed by atoms with Crippen LogP contribution in [0.1, 0.15) is 110 Å². The summed E-state index contributed by atoms with van der Waals surface area (Å²) in [6, 6.07) is 25.1. The fourth-order valence-corrected chi connectivity index (χ4v) is 9.21. The van der Waals surface area contributed by atoms with Crippen molar-refractivity contribution in [1.29, 1.82) is 0 Å². The summed E-state index contributed by atoms with van der Waals surface area (Å²) in [4.78, 5) is 58.5. The van der Waals surface area contributed by atoms with E-state index in [9.17, 15) is 0 Å². The molecule has 66 heavy (non-hydrogen) atoms. The van der Waals surface area contributed by atoms with Crippen molar-refractivity contribution in [3.05, 3.63) is 143 Å². The zero-order valence-electron chi connectivity index (χ0n) is 37.2. The third-order valence-electron chi connectivity index (χ3n) is 13.1. The minimum absolute atomic E-state index is 0.117. The van der Waals surface area contributed by atoms with Crippen molar-refractivity contribution in [3.8, 4) is 34.2 Å².